The fourth-order valence-corrected chi connectivity index (χ4v) is 3.23. The lowest BCUT2D eigenvalue weighted by atomic mass is 10.1. The van der Waals surface area contributed by atoms with Crippen molar-refractivity contribution in [3.05, 3.63) is 12.2 Å². The maximum absolute atomic E-state index is 12.4. The normalized spacial score (nSPS) is 24.8. The summed E-state index contributed by atoms with van der Waals surface area (Å²) in [5.74, 6) is 0.783. The van der Waals surface area contributed by atoms with Gasteiger partial charge in [0.1, 0.15) is 12.4 Å². The molecule has 0 aromatic carbocycles. The highest BCUT2D eigenvalue weighted by Crippen LogP contribution is 2.20. The highest BCUT2D eigenvalue weighted by Gasteiger charge is 2.28. The number of hydrogen-bond donors (Lipinski definition) is 1. The minimum Gasteiger partial charge on any atom is -0.378 e. The van der Waals surface area contributed by atoms with E-state index in [0.29, 0.717) is 32.3 Å². The number of aryl methyl sites for hydroxylation is 1. The van der Waals surface area contributed by atoms with Gasteiger partial charge in [-0.3, -0.25) is 0 Å². The third kappa shape index (κ3) is 4.24. The molecule has 2 fully saturated rings. The van der Waals surface area contributed by atoms with E-state index in [-0.39, 0.29) is 12.1 Å². The molecule has 0 unspecified atom stereocenters. The third-order valence-electron chi connectivity index (χ3n) is 4.64. The molecule has 1 aromatic heterocycles. The molecule has 2 saturated heterocycles. The number of amides is 2. The third-order valence-corrected chi connectivity index (χ3v) is 4.64. The van der Waals surface area contributed by atoms with Gasteiger partial charge in [-0.1, -0.05) is 0 Å². The Kier molecular flexibility index (Phi) is 6.03. The van der Waals surface area contributed by atoms with Gasteiger partial charge in [0.15, 0.2) is 5.82 Å². The zero-order valence-electron chi connectivity index (χ0n) is 14.3. The van der Waals surface area contributed by atoms with Crippen LogP contribution in [-0.2, 0) is 16.0 Å². The molecular formula is C16H27N5O3. The monoisotopic (exact) mass is 337 g/mol. The van der Waals surface area contributed by atoms with E-state index < -0.39 is 0 Å². The van der Waals surface area contributed by atoms with Crippen molar-refractivity contribution >= 4 is 6.03 Å². The number of urea groups is 1. The molecule has 0 bridgehead atoms. The van der Waals surface area contributed by atoms with Crippen LogP contribution in [0.3, 0.4) is 0 Å². The standard InChI is InChI=1S/C16H27N5O3/c1-2-20-12-18-19-15(20)14-11-21(8-10-24-14)16(22)17-7-6-13-5-3-4-9-23-13/h12-14H,2-11H2,1H3,(H,17,22)/t13-,14+/m0/s1. The fourth-order valence-electron chi connectivity index (χ4n) is 3.23. The Morgan fingerprint density at radius 3 is 3.08 bits per heavy atom. The Labute approximate surface area is 142 Å². The Balaban J connectivity index is 1.46. The lowest BCUT2D eigenvalue weighted by Crippen LogP contribution is -2.48. The highest BCUT2D eigenvalue weighted by atomic mass is 16.5. The van der Waals surface area contributed by atoms with Crippen molar-refractivity contribution < 1.29 is 14.3 Å². The molecular weight excluding hydrogens is 310 g/mol. The van der Waals surface area contributed by atoms with E-state index in [1.54, 1.807) is 11.2 Å². The van der Waals surface area contributed by atoms with E-state index >= 15 is 0 Å². The number of aromatic nitrogens is 3. The summed E-state index contributed by atoms with van der Waals surface area (Å²) in [6, 6.07) is -0.0401. The van der Waals surface area contributed by atoms with Crippen LogP contribution in [0.5, 0.6) is 0 Å². The van der Waals surface area contributed by atoms with Gasteiger partial charge in [0.25, 0.3) is 0 Å². The summed E-state index contributed by atoms with van der Waals surface area (Å²) >= 11 is 0. The second-order valence-corrected chi connectivity index (χ2v) is 6.29. The molecule has 2 amide bonds. The molecule has 2 aliphatic heterocycles. The van der Waals surface area contributed by atoms with Crippen LogP contribution < -0.4 is 5.32 Å². The van der Waals surface area contributed by atoms with Crippen LogP contribution in [0.15, 0.2) is 6.33 Å². The first-order valence-corrected chi connectivity index (χ1v) is 8.91. The number of rotatable bonds is 5. The summed E-state index contributed by atoms with van der Waals surface area (Å²) in [6.45, 7) is 5.94. The van der Waals surface area contributed by atoms with Crippen LogP contribution in [0, 0.1) is 0 Å². The average Bonchev–Trinajstić information content (AvgIpc) is 3.11. The second-order valence-electron chi connectivity index (χ2n) is 6.29. The summed E-state index contributed by atoms with van der Waals surface area (Å²) in [5, 5.41) is 11.1. The number of ether oxygens (including phenoxy) is 2. The second kappa shape index (κ2) is 8.43. The quantitative estimate of drug-likeness (QED) is 0.877. The Morgan fingerprint density at radius 1 is 1.38 bits per heavy atom. The van der Waals surface area contributed by atoms with Crippen molar-refractivity contribution in [1.29, 1.82) is 0 Å². The molecule has 0 spiro atoms. The molecule has 3 heterocycles. The van der Waals surface area contributed by atoms with Gasteiger partial charge >= 0.3 is 6.03 Å². The zero-order chi connectivity index (χ0) is 16.8. The maximum atomic E-state index is 12.4. The molecule has 0 saturated carbocycles. The van der Waals surface area contributed by atoms with Crippen molar-refractivity contribution in [2.75, 3.05) is 32.8 Å². The molecule has 134 valence electrons. The fraction of sp³-hybridized carbons (Fsp3) is 0.812. The van der Waals surface area contributed by atoms with Crippen molar-refractivity contribution in [2.24, 2.45) is 0 Å². The lowest BCUT2D eigenvalue weighted by Gasteiger charge is -2.32. The van der Waals surface area contributed by atoms with E-state index in [9.17, 15) is 4.79 Å². The van der Waals surface area contributed by atoms with E-state index in [4.69, 9.17) is 9.47 Å². The Hall–Kier alpha value is -1.67. The van der Waals surface area contributed by atoms with Gasteiger partial charge in [0, 0.05) is 26.2 Å². The van der Waals surface area contributed by atoms with Gasteiger partial charge in [-0.15, -0.1) is 10.2 Å². The summed E-state index contributed by atoms with van der Waals surface area (Å²) in [7, 11) is 0. The van der Waals surface area contributed by atoms with E-state index in [1.165, 1.54) is 6.42 Å². The number of carbonyl (C=O) groups excluding carboxylic acids is 1. The van der Waals surface area contributed by atoms with E-state index in [2.05, 4.69) is 15.5 Å². The van der Waals surface area contributed by atoms with E-state index in [1.807, 2.05) is 11.5 Å². The first-order valence-electron chi connectivity index (χ1n) is 8.91. The highest BCUT2D eigenvalue weighted by molar-refractivity contribution is 5.74. The Morgan fingerprint density at radius 2 is 2.29 bits per heavy atom. The molecule has 3 rings (SSSR count). The van der Waals surface area contributed by atoms with Crippen LogP contribution in [0.2, 0.25) is 0 Å². The summed E-state index contributed by atoms with van der Waals surface area (Å²) in [5.41, 5.74) is 0. The number of morpholine rings is 1. The van der Waals surface area contributed by atoms with E-state index in [0.717, 1.165) is 38.2 Å². The Bertz CT molecular complexity index is 530. The summed E-state index contributed by atoms with van der Waals surface area (Å²) < 4.78 is 13.4. The summed E-state index contributed by atoms with van der Waals surface area (Å²) in [4.78, 5) is 14.2. The predicted molar refractivity (Wildman–Crippen MR) is 87.6 cm³/mol. The largest absolute Gasteiger partial charge is 0.378 e. The van der Waals surface area contributed by atoms with Crippen LogP contribution in [0.4, 0.5) is 4.79 Å². The topological polar surface area (TPSA) is 81.5 Å². The maximum Gasteiger partial charge on any atom is 0.317 e. The molecule has 2 atom stereocenters. The minimum absolute atomic E-state index is 0.0401. The zero-order valence-corrected chi connectivity index (χ0v) is 14.3. The number of nitrogens with one attached hydrogen (secondary N) is 1. The molecule has 8 nitrogen and oxygen atoms in total. The molecule has 24 heavy (non-hydrogen) atoms. The van der Waals surface area contributed by atoms with Gasteiger partial charge in [-0.25, -0.2) is 4.79 Å². The predicted octanol–water partition coefficient (Wildman–Crippen LogP) is 1.34. The molecule has 8 heteroatoms. The van der Waals surface area contributed by atoms with Crippen molar-refractivity contribution in [3.63, 3.8) is 0 Å². The molecule has 1 aromatic rings. The molecule has 1 N–H and O–H groups in total. The van der Waals surface area contributed by atoms with Crippen LogP contribution >= 0.6 is 0 Å². The van der Waals surface area contributed by atoms with Crippen molar-refractivity contribution in [1.82, 2.24) is 25.0 Å². The molecule has 2 aliphatic rings. The van der Waals surface area contributed by atoms with Crippen molar-refractivity contribution in [2.45, 2.75) is 51.4 Å². The minimum atomic E-state index is -0.214. The SMILES string of the molecule is CCn1cnnc1[C@H]1CN(C(=O)NCC[C@@H]2CCCCO2)CCO1. The van der Waals surface area contributed by atoms with Gasteiger partial charge < -0.3 is 24.3 Å². The van der Waals surface area contributed by atoms with Crippen LogP contribution in [0.25, 0.3) is 0 Å². The van der Waals surface area contributed by atoms with Crippen LogP contribution in [0.1, 0.15) is 44.5 Å². The van der Waals surface area contributed by atoms with Gasteiger partial charge in [-0.05, 0) is 32.6 Å². The van der Waals surface area contributed by atoms with Gasteiger partial charge in [-0.2, -0.15) is 0 Å². The van der Waals surface area contributed by atoms with Gasteiger partial charge in [0.05, 0.1) is 19.3 Å². The molecule has 0 radical (unpaired) electrons. The van der Waals surface area contributed by atoms with Crippen LogP contribution in [-0.4, -0.2) is 64.6 Å². The smallest absolute Gasteiger partial charge is 0.317 e. The number of nitrogens with zero attached hydrogens (tertiary/aromatic N) is 4. The van der Waals surface area contributed by atoms with Gasteiger partial charge in [0.2, 0.25) is 0 Å². The number of hydrogen-bond acceptors (Lipinski definition) is 5. The first kappa shape index (κ1) is 17.2. The molecule has 0 aliphatic carbocycles. The first-order chi connectivity index (χ1) is 11.8. The van der Waals surface area contributed by atoms with Crippen molar-refractivity contribution in [3.8, 4) is 0 Å². The lowest BCUT2D eigenvalue weighted by molar-refractivity contribution is -0.0221. The average molecular weight is 337 g/mol. The number of carbonyl (C=O) groups is 1. The summed E-state index contributed by atoms with van der Waals surface area (Å²) in [6.07, 6.45) is 6.13.